The Bertz CT molecular complexity index is 563. The maximum atomic E-state index is 12.0. The number of hydrogen-bond donors (Lipinski definition) is 2. The summed E-state index contributed by atoms with van der Waals surface area (Å²) in [6.45, 7) is 2.03. The Hall–Kier alpha value is -1.92. The average molecular weight is 407 g/mol. The quantitative estimate of drug-likeness (QED) is 0.384. The largest absolute Gasteiger partial charge is 0.481 e. The van der Waals surface area contributed by atoms with Crippen LogP contribution < -0.4 is 5.32 Å². The molecule has 0 fully saturated rings. The van der Waals surface area contributed by atoms with Crippen LogP contribution in [0.4, 0.5) is 0 Å². The van der Waals surface area contributed by atoms with Crippen LogP contribution in [0.15, 0.2) is 30.3 Å². The first kappa shape index (κ1) is 25.1. The van der Waals surface area contributed by atoms with Crippen molar-refractivity contribution in [3.05, 3.63) is 35.9 Å². The first-order valence-corrected chi connectivity index (χ1v) is 10.7. The number of nitrogens with one attached hydrogen (secondary N) is 1. The molecule has 164 valence electrons. The molecule has 1 amide bonds. The Balaban J connectivity index is 1.95. The number of rotatable bonds is 17. The van der Waals surface area contributed by atoms with E-state index >= 15 is 0 Å². The van der Waals surface area contributed by atoms with Crippen molar-refractivity contribution >= 4 is 11.9 Å². The topological polar surface area (TPSA) is 78.9 Å². The standard InChI is InChI=1S/C23H38N2O4/c1-25(2)18-21(17-23(27)28)24-22(26)15-11-6-4-3-5-7-12-16-29-19-20-13-9-8-10-14-20/h8-10,13-14,21H,3-7,11-12,15-19H2,1-2H3,(H,24,26)(H,27,28). The molecule has 0 aliphatic heterocycles. The molecule has 1 aromatic rings. The zero-order chi connectivity index (χ0) is 21.3. The Morgan fingerprint density at radius 2 is 1.62 bits per heavy atom. The van der Waals surface area contributed by atoms with Crippen LogP contribution in [-0.4, -0.2) is 55.2 Å². The smallest absolute Gasteiger partial charge is 0.305 e. The van der Waals surface area contributed by atoms with Crippen molar-refractivity contribution in [1.29, 1.82) is 0 Å². The van der Waals surface area contributed by atoms with Crippen LogP contribution in [0, 0.1) is 0 Å². The Labute approximate surface area is 175 Å². The fourth-order valence-corrected chi connectivity index (χ4v) is 3.25. The third-order valence-electron chi connectivity index (χ3n) is 4.68. The molecule has 2 N–H and O–H groups in total. The number of ether oxygens (including phenoxy) is 1. The van der Waals surface area contributed by atoms with Crippen molar-refractivity contribution < 1.29 is 19.4 Å². The number of nitrogens with zero attached hydrogens (tertiary/aromatic N) is 1. The van der Waals surface area contributed by atoms with Gasteiger partial charge in [-0.2, -0.15) is 0 Å². The minimum absolute atomic E-state index is 0.0427. The zero-order valence-corrected chi connectivity index (χ0v) is 18.1. The van der Waals surface area contributed by atoms with Gasteiger partial charge in [-0.15, -0.1) is 0 Å². The molecule has 0 saturated heterocycles. The number of carbonyl (C=O) groups excluding carboxylic acids is 1. The van der Waals surface area contributed by atoms with E-state index in [1.165, 1.54) is 24.8 Å². The number of aliphatic carboxylic acids is 1. The second-order valence-corrected chi connectivity index (χ2v) is 7.89. The second-order valence-electron chi connectivity index (χ2n) is 7.89. The predicted molar refractivity (Wildman–Crippen MR) is 116 cm³/mol. The highest BCUT2D eigenvalue weighted by Crippen LogP contribution is 2.09. The summed E-state index contributed by atoms with van der Waals surface area (Å²) >= 11 is 0. The normalized spacial score (nSPS) is 12.1. The SMILES string of the molecule is CN(C)CC(CC(=O)O)NC(=O)CCCCCCCCCOCc1ccccc1. The molecule has 0 heterocycles. The van der Waals surface area contributed by atoms with Gasteiger partial charge in [-0.25, -0.2) is 0 Å². The molecule has 0 aliphatic rings. The molecule has 6 nitrogen and oxygen atoms in total. The van der Waals surface area contributed by atoms with E-state index in [1.807, 2.05) is 37.2 Å². The van der Waals surface area contributed by atoms with Gasteiger partial charge in [0.1, 0.15) is 0 Å². The van der Waals surface area contributed by atoms with E-state index in [0.717, 1.165) is 32.3 Å². The third-order valence-corrected chi connectivity index (χ3v) is 4.68. The Morgan fingerprint density at radius 1 is 1.00 bits per heavy atom. The molecule has 0 aromatic heterocycles. The summed E-state index contributed by atoms with van der Waals surface area (Å²) in [6.07, 6.45) is 8.10. The highest BCUT2D eigenvalue weighted by atomic mass is 16.5. The third kappa shape index (κ3) is 14.7. The molecule has 1 aromatic carbocycles. The summed E-state index contributed by atoms with van der Waals surface area (Å²) in [5.41, 5.74) is 1.22. The molecule has 1 atom stereocenters. The van der Waals surface area contributed by atoms with Gasteiger partial charge in [0.05, 0.1) is 19.1 Å². The van der Waals surface area contributed by atoms with E-state index in [0.29, 0.717) is 19.6 Å². The van der Waals surface area contributed by atoms with E-state index in [1.54, 1.807) is 0 Å². The molecule has 29 heavy (non-hydrogen) atoms. The number of carboxylic acid groups (broad SMARTS) is 1. The number of unbranched alkanes of at least 4 members (excludes halogenated alkanes) is 6. The van der Waals surface area contributed by atoms with Gasteiger partial charge in [-0.3, -0.25) is 9.59 Å². The van der Waals surface area contributed by atoms with Crippen LogP contribution in [0.1, 0.15) is 63.4 Å². The van der Waals surface area contributed by atoms with E-state index in [2.05, 4.69) is 17.4 Å². The lowest BCUT2D eigenvalue weighted by molar-refractivity contribution is -0.137. The summed E-state index contributed by atoms with van der Waals surface area (Å²) < 4.78 is 5.69. The average Bonchev–Trinajstić information content (AvgIpc) is 2.65. The highest BCUT2D eigenvalue weighted by Gasteiger charge is 2.16. The molecule has 0 bridgehead atoms. The summed E-state index contributed by atoms with van der Waals surface area (Å²) in [5.74, 6) is -0.934. The van der Waals surface area contributed by atoms with Crippen LogP contribution in [0.2, 0.25) is 0 Å². The molecule has 1 unspecified atom stereocenters. The minimum atomic E-state index is -0.886. The van der Waals surface area contributed by atoms with E-state index < -0.39 is 5.97 Å². The van der Waals surface area contributed by atoms with Crippen molar-refractivity contribution in [3.8, 4) is 0 Å². The van der Waals surface area contributed by atoms with Gasteiger partial charge >= 0.3 is 5.97 Å². The monoisotopic (exact) mass is 406 g/mol. The molecule has 0 aliphatic carbocycles. The lowest BCUT2D eigenvalue weighted by Crippen LogP contribution is -2.42. The van der Waals surface area contributed by atoms with Crippen molar-refractivity contribution in [2.24, 2.45) is 0 Å². The van der Waals surface area contributed by atoms with Crippen molar-refractivity contribution in [2.75, 3.05) is 27.2 Å². The summed E-state index contributed by atoms with van der Waals surface area (Å²) in [4.78, 5) is 24.8. The predicted octanol–water partition coefficient (Wildman–Crippen LogP) is 3.85. The van der Waals surface area contributed by atoms with Crippen molar-refractivity contribution in [2.45, 2.75) is 70.4 Å². The van der Waals surface area contributed by atoms with Crippen LogP contribution in [-0.2, 0) is 20.9 Å². The van der Waals surface area contributed by atoms with E-state index in [9.17, 15) is 9.59 Å². The first-order chi connectivity index (χ1) is 14.0. The van der Waals surface area contributed by atoms with Gasteiger partial charge in [-0.05, 0) is 32.5 Å². The van der Waals surface area contributed by atoms with Crippen LogP contribution in [0.25, 0.3) is 0 Å². The highest BCUT2D eigenvalue weighted by molar-refractivity contribution is 5.77. The first-order valence-electron chi connectivity index (χ1n) is 10.7. The van der Waals surface area contributed by atoms with Gasteiger partial charge < -0.3 is 20.1 Å². The number of benzene rings is 1. The van der Waals surface area contributed by atoms with Gasteiger partial charge in [0.25, 0.3) is 0 Å². The van der Waals surface area contributed by atoms with Crippen molar-refractivity contribution in [3.63, 3.8) is 0 Å². The summed E-state index contributed by atoms with van der Waals surface area (Å²) in [7, 11) is 3.74. The van der Waals surface area contributed by atoms with Gasteiger partial charge in [0.2, 0.25) is 5.91 Å². The van der Waals surface area contributed by atoms with Crippen LogP contribution in [0.3, 0.4) is 0 Å². The van der Waals surface area contributed by atoms with E-state index in [-0.39, 0.29) is 18.4 Å². The lowest BCUT2D eigenvalue weighted by atomic mass is 10.1. The van der Waals surface area contributed by atoms with Crippen LogP contribution >= 0.6 is 0 Å². The maximum Gasteiger partial charge on any atom is 0.305 e. The van der Waals surface area contributed by atoms with Gasteiger partial charge in [0, 0.05) is 19.6 Å². The molecule has 0 radical (unpaired) electrons. The summed E-state index contributed by atoms with van der Waals surface area (Å²) in [6, 6.07) is 9.89. The molecular formula is C23H38N2O4. The van der Waals surface area contributed by atoms with Crippen LogP contribution in [0.5, 0.6) is 0 Å². The maximum absolute atomic E-state index is 12.0. The fraction of sp³-hybridized carbons (Fsp3) is 0.652. The minimum Gasteiger partial charge on any atom is -0.481 e. The fourth-order valence-electron chi connectivity index (χ4n) is 3.25. The number of likely N-dealkylation sites (N-methyl/N-ethyl adjacent to an activating group) is 1. The Morgan fingerprint density at radius 3 is 2.24 bits per heavy atom. The summed E-state index contributed by atoms with van der Waals surface area (Å²) in [5, 5.41) is 11.8. The number of amides is 1. The number of carboxylic acids is 1. The molecule has 6 heteroatoms. The van der Waals surface area contributed by atoms with Gasteiger partial charge in [0.15, 0.2) is 0 Å². The number of hydrogen-bond acceptors (Lipinski definition) is 4. The molecule has 0 spiro atoms. The number of carbonyl (C=O) groups is 2. The van der Waals surface area contributed by atoms with Gasteiger partial charge in [-0.1, -0.05) is 62.4 Å². The molecular weight excluding hydrogens is 368 g/mol. The van der Waals surface area contributed by atoms with Crippen molar-refractivity contribution in [1.82, 2.24) is 10.2 Å². The zero-order valence-electron chi connectivity index (χ0n) is 18.1. The lowest BCUT2D eigenvalue weighted by Gasteiger charge is -2.20. The Kier molecular flexibility index (Phi) is 13.8. The second kappa shape index (κ2) is 15.9. The van der Waals surface area contributed by atoms with E-state index in [4.69, 9.17) is 9.84 Å². The molecule has 0 saturated carbocycles. The molecule has 1 rings (SSSR count).